The van der Waals surface area contributed by atoms with Gasteiger partial charge in [0.05, 0.1) is 6.42 Å². The van der Waals surface area contributed by atoms with Crippen molar-refractivity contribution >= 4 is 6.04 Å². The van der Waals surface area contributed by atoms with E-state index in [1.165, 1.54) is 0 Å². The summed E-state index contributed by atoms with van der Waals surface area (Å²) in [6, 6.07) is -1.19. The summed E-state index contributed by atoms with van der Waals surface area (Å²) >= 11 is 0. The first-order valence-corrected chi connectivity index (χ1v) is 5.61. The van der Waals surface area contributed by atoms with E-state index < -0.39 is 6.04 Å². The van der Waals surface area contributed by atoms with Crippen molar-refractivity contribution < 1.29 is 9.18 Å². The number of hydrogen-bond donors (Lipinski definition) is 0. The Morgan fingerprint density at radius 1 is 1.07 bits per heavy atom. The van der Waals surface area contributed by atoms with Crippen LogP contribution in [0.2, 0.25) is 0 Å². The Kier molecular flexibility index (Phi) is 8.84. The number of carbonyl (C=O) groups is 1. The molecule has 0 atom stereocenters. The molecule has 14 heavy (non-hydrogen) atoms. The highest BCUT2D eigenvalue weighted by Crippen LogP contribution is 2.01. The molecule has 0 aliphatic carbocycles. The molecule has 0 fully saturated rings. The second-order valence-electron chi connectivity index (χ2n) is 3.65. The largest absolute Gasteiger partial charge is 0.303 e. The minimum Gasteiger partial charge on any atom is -0.303 e. The van der Waals surface area contributed by atoms with Crippen LogP contribution in [0.1, 0.15) is 46.0 Å². The van der Waals surface area contributed by atoms with Gasteiger partial charge >= 0.3 is 6.04 Å². The highest BCUT2D eigenvalue weighted by Gasteiger charge is 2.06. The van der Waals surface area contributed by atoms with Crippen LogP contribution in [0.5, 0.6) is 0 Å². The van der Waals surface area contributed by atoms with E-state index in [-0.39, 0.29) is 6.42 Å². The summed E-state index contributed by atoms with van der Waals surface area (Å²) in [6.07, 6.45) is 4.60. The van der Waals surface area contributed by atoms with Gasteiger partial charge in [0.15, 0.2) is 0 Å². The molecular weight excluding hydrogens is 181 g/mol. The first-order chi connectivity index (χ1) is 6.70. The van der Waals surface area contributed by atoms with Gasteiger partial charge in [-0.3, -0.25) is 4.79 Å². The fraction of sp³-hybridized carbons (Fsp3) is 0.909. The molecule has 0 aromatic heterocycles. The van der Waals surface area contributed by atoms with E-state index in [0.29, 0.717) is 6.54 Å². The van der Waals surface area contributed by atoms with Crippen LogP contribution in [0.3, 0.4) is 0 Å². The monoisotopic (exact) mass is 203 g/mol. The molecule has 84 valence electrons. The number of unbranched alkanes of at least 4 members (excludes halogenated alkanes) is 2. The summed E-state index contributed by atoms with van der Waals surface area (Å²) in [6.45, 7) is 6.83. The molecule has 0 saturated carbocycles. The molecule has 0 N–H and O–H groups in total. The molecule has 0 aromatic carbocycles. The van der Waals surface area contributed by atoms with Crippen molar-refractivity contribution in [3.63, 3.8) is 0 Å². The minimum atomic E-state index is -1.19. The van der Waals surface area contributed by atoms with E-state index in [4.69, 9.17) is 0 Å². The van der Waals surface area contributed by atoms with Crippen molar-refractivity contribution in [3.05, 3.63) is 0 Å². The normalized spacial score (nSPS) is 10.9. The number of carbonyl (C=O) groups excluding carboxylic acids is 1. The van der Waals surface area contributed by atoms with Crippen LogP contribution >= 0.6 is 0 Å². The van der Waals surface area contributed by atoms with Crippen LogP contribution in [0.25, 0.3) is 0 Å². The Bertz CT molecular complexity index is 142. The highest BCUT2D eigenvalue weighted by molar-refractivity contribution is 5.67. The summed E-state index contributed by atoms with van der Waals surface area (Å²) in [7, 11) is 0. The van der Waals surface area contributed by atoms with Crippen LogP contribution in [-0.4, -0.2) is 30.6 Å². The van der Waals surface area contributed by atoms with E-state index in [1.807, 2.05) is 0 Å². The van der Waals surface area contributed by atoms with Gasteiger partial charge in [0.25, 0.3) is 0 Å². The quantitative estimate of drug-likeness (QED) is 0.537. The third-order valence-electron chi connectivity index (χ3n) is 2.28. The Morgan fingerprint density at radius 2 is 1.57 bits per heavy atom. The number of halogens is 1. The van der Waals surface area contributed by atoms with Crippen molar-refractivity contribution in [1.82, 2.24) is 4.90 Å². The third-order valence-corrected chi connectivity index (χ3v) is 2.28. The van der Waals surface area contributed by atoms with Crippen molar-refractivity contribution in [2.45, 2.75) is 46.0 Å². The lowest BCUT2D eigenvalue weighted by molar-refractivity contribution is -0.129. The first-order valence-electron chi connectivity index (χ1n) is 5.61. The van der Waals surface area contributed by atoms with Crippen LogP contribution in [-0.2, 0) is 4.79 Å². The molecule has 0 aromatic rings. The lowest BCUT2D eigenvalue weighted by Crippen LogP contribution is -2.28. The van der Waals surface area contributed by atoms with E-state index in [1.54, 1.807) is 0 Å². The average Bonchev–Trinajstić information content (AvgIpc) is 2.16. The Hall–Kier alpha value is -0.440. The van der Waals surface area contributed by atoms with E-state index in [0.717, 1.165) is 38.8 Å². The summed E-state index contributed by atoms with van der Waals surface area (Å²) in [4.78, 5) is 12.4. The summed E-state index contributed by atoms with van der Waals surface area (Å²) in [5, 5.41) is 0. The van der Waals surface area contributed by atoms with E-state index >= 15 is 0 Å². The van der Waals surface area contributed by atoms with Gasteiger partial charge in [-0.1, -0.05) is 26.7 Å². The topological polar surface area (TPSA) is 20.3 Å². The first kappa shape index (κ1) is 13.6. The Balaban J connectivity index is 3.65. The molecule has 0 spiro atoms. The molecule has 0 aliphatic heterocycles. The van der Waals surface area contributed by atoms with Crippen molar-refractivity contribution in [1.29, 1.82) is 0 Å². The van der Waals surface area contributed by atoms with Gasteiger partial charge in [-0.15, -0.1) is 0 Å². The highest BCUT2D eigenvalue weighted by atomic mass is 19.1. The predicted octanol–water partition coefficient (Wildman–Crippen LogP) is 2.77. The van der Waals surface area contributed by atoms with Crippen molar-refractivity contribution in [3.8, 4) is 0 Å². The molecule has 3 heteroatoms. The molecule has 0 heterocycles. The van der Waals surface area contributed by atoms with Gasteiger partial charge in [0.1, 0.15) is 0 Å². The summed E-state index contributed by atoms with van der Waals surface area (Å²) in [5.41, 5.74) is 0. The van der Waals surface area contributed by atoms with Crippen LogP contribution < -0.4 is 0 Å². The average molecular weight is 203 g/mol. The van der Waals surface area contributed by atoms with Gasteiger partial charge in [0.2, 0.25) is 0 Å². The zero-order chi connectivity index (χ0) is 10.8. The van der Waals surface area contributed by atoms with Gasteiger partial charge in [-0.2, -0.15) is 4.39 Å². The smallest absolute Gasteiger partial charge is 0.302 e. The molecule has 0 unspecified atom stereocenters. The van der Waals surface area contributed by atoms with Crippen LogP contribution in [0.15, 0.2) is 0 Å². The molecular formula is C11H22FNO. The standard InChI is InChI=1S/C11H22FNO/c1-3-5-8-13(9-6-4-2)10-7-11(12)14/h3-10H2,1-2H3. The van der Waals surface area contributed by atoms with Crippen molar-refractivity contribution in [2.24, 2.45) is 0 Å². The zero-order valence-corrected chi connectivity index (χ0v) is 9.39. The number of nitrogens with zero attached hydrogens (tertiary/aromatic N) is 1. The lowest BCUT2D eigenvalue weighted by atomic mass is 10.2. The summed E-state index contributed by atoms with van der Waals surface area (Å²) < 4.78 is 12.0. The molecule has 0 bridgehead atoms. The third kappa shape index (κ3) is 8.17. The maximum atomic E-state index is 12.0. The van der Waals surface area contributed by atoms with Gasteiger partial charge < -0.3 is 4.90 Å². The summed E-state index contributed by atoms with van der Waals surface area (Å²) in [5.74, 6) is 0. The fourth-order valence-electron chi connectivity index (χ4n) is 1.34. The SMILES string of the molecule is CCCCN(CCCC)CCC(=O)F. The van der Waals surface area contributed by atoms with Gasteiger partial charge in [-0.25, -0.2) is 0 Å². The minimum absolute atomic E-state index is 0.0490. The second-order valence-corrected chi connectivity index (χ2v) is 3.65. The maximum Gasteiger partial charge on any atom is 0.302 e. The van der Waals surface area contributed by atoms with Gasteiger partial charge in [0, 0.05) is 6.54 Å². The van der Waals surface area contributed by atoms with E-state index in [2.05, 4.69) is 18.7 Å². The number of rotatable bonds is 9. The molecule has 2 nitrogen and oxygen atoms in total. The molecule has 0 amide bonds. The number of hydrogen-bond acceptors (Lipinski definition) is 2. The molecule has 0 rings (SSSR count). The van der Waals surface area contributed by atoms with Gasteiger partial charge in [-0.05, 0) is 25.9 Å². The van der Waals surface area contributed by atoms with Crippen LogP contribution in [0.4, 0.5) is 4.39 Å². The molecule has 0 aliphatic rings. The molecule has 0 radical (unpaired) electrons. The Labute approximate surface area is 86.5 Å². The second kappa shape index (κ2) is 9.13. The zero-order valence-electron chi connectivity index (χ0n) is 9.39. The van der Waals surface area contributed by atoms with Crippen molar-refractivity contribution in [2.75, 3.05) is 19.6 Å². The maximum absolute atomic E-state index is 12.0. The predicted molar refractivity (Wildman–Crippen MR) is 57.0 cm³/mol. The fourth-order valence-corrected chi connectivity index (χ4v) is 1.34. The van der Waals surface area contributed by atoms with Crippen LogP contribution in [0, 0.1) is 0 Å². The lowest BCUT2D eigenvalue weighted by Gasteiger charge is -2.20. The Morgan fingerprint density at radius 3 is 1.93 bits per heavy atom. The molecule has 0 saturated heterocycles. The van der Waals surface area contributed by atoms with E-state index in [9.17, 15) is 9.18 Å².